The predicted octanol–water partition coefficient (Wildman–Crippen LogP) is 2.00. The van der Waals surface area contributed by atoms with Crippen LogP contribution >= 0.6 is 0 Å². The van der Waals surface area contributed by atoms with Crippen LogP contribution in [0.15, 0.2) is 18.5 Å². The van der Waals surface area contributed by atoms with Crippen molar-refractivity contribution in [1.29, 1.82) is 5.26 Å². The molecule has 2 aliphatic rings. The van der Waals surface area contributed by atoms with Crippen LogP contribution in [0.4, 0.5) is 0 Å². The van der Waals surface area contributed by atoms with Gasteiger partial charge in [-0.3, -0.25) is 9.20 Å². The Morgan fingerprint density at radius 3 is 3.04 bits per heavy atom. The molecule has 1 amide bonds. The molecule has 1 N–H and O–H groups in total. The van der Waals surface area contributed by atoms with Gasteiger partial charge in [-0.1, -0.05) is 0 Å². The Bertz CT molecular complexity index is 1050. The number of amides is 1. The van der Waals surface area contributed by atoms with E-state index in [1.807, 2.05) is 21.6 Å². The van der Waals surface area contributed by atoms with Crippen LogP contribution in [0.3, 0.4) is 0 Å². The van der Waals surface area contributed by atoms with E-state index in [1.54, 1.807) is 6.20 Å². The first kappa shape index (κ1) is 15.3. The minimum absolute atomic E-state index is 0.0144. The molecule has 0 bridgehead atoms. The molecular formula is C18H19N7O. The molecule has 2 atom stereocenters. The van der Waals surface area contributed by atoms with Crippen molar-refractivity contribution in [2.75, 3.05) is 6.54 Å². The summed E-state index contributed by atoms with van der Waals surface area (Å²) in [4.78, 5) is 22.3. The number of carbonyl (C=O) groups excluding carboxylic acids is 1. The summed E-state index contributed by atoms with van der Waals surface area (Å²) in [6.45, 7) is 2.77. The second kappa shape index (κ2) is 5.27. The molecule has 1 saturated carbocycles. The van der Waals surface area contributed by atoms with E-state index in [4.69, 9.17) is 0 Å². The summed E-state index contributed by atoms with van der Waals surface area (Å²) >= 11 is 0. The number of nitriles is 1. The van der Waals surface area contributed by atoms with Crippen LogP contribution in [0, 0.1) is 16.7 Å². The second-order valence-electron chi connectivity index (χ2n) is 7.40. The summed E-state index contributed by atoms with van der Waals surface area (Å²) in [6.07, 6.45) is 6.77. The molecule has 26 heavy (non-hydrogen) atoms. The van der Waals surface area contributed by atoms with Crippen LogP contribution in [0.1, 0.15) is 44.3 Å². The summed E-state index contributed by atoms with van der Waals surface area (Å²) in [6, 6.07) is 4.18. The fourth-order valence-electron chi connectivity index (χ4n) is 4.19. The van der Waals surface area contributed by atoms with Crippen molar-refractivity contribution in [3.63, 3.8) is 0 Å². The highest BCUT2D eigenvalue weighted by molar-refractivity contribution is 5.88. The lowest BCUT2D eigenvalue weighted by atomic mass is 9.88. The number of piperidine rings is 1. The van der Waals surface area contributed by atoms with Gasteiger partial charge in [0.15, 0.2) is 11.3 Å². The Balaban J connectivity index is 1.56. The first-order chi connectivity index (χ1) is 12.6. The van der Waals surface area contributed by atoms with E-state index in [1.165, 1.54) is 0 Å². The summed E-state index contributed by atoms with van der Waals surface area (Å²) in [7, 11) is 0. The second-order valence-corrected chi connectivity index (χ2v) is 7.40. The number of hydrogen-bond acceptors (Lipinski definition) is 5. The topological polar surface area (TPSA) is 103 Å². The molecule has 3 aromatic heterocycles. The Labute approximate surface area is 149 Å². The third-order valence-electron chi connectivity index (χ3n) is 5.92. The fourth-order valence-corrected chi connectivity index (χ4v) is 4.19. The average Bonchev–Trinajstić information content (AvgIpc) is 3.11. The van der Waals surface area contributed by atoms with Gasteiger partial charge < -0.3 is 9.88 Å². The highest BCUT2D eigenvalue weighted by Crippen LogP contribution is 2.48. The zero-order valence-electron chi connectivity index (χ0n) is 14.5. The number of aromatic amines is 1. The quantitative estimate of drug-likeness (QED) is 0.762. The van der Waals surface area contributed by atoms with Gasteiger partial charge in [-0.05, 0) is 38.7 Å². The normalized spacial score (nSPS) is 24.7. The van der Waals surface area contributed by atoms with Crippen molar-refractivity contribution in [3.8, 4) is 6.07 Å². The molecule has 0 spiro atoms. The monoisotopic (exact) mass is 349 g/mol. The lowest BCUT2D eigenvalue weighted by Gasteiger charge is -2.39. The van der Waals surface area contributed by atoms with Crippen molar-refractivity contribution in [3.05, 3.63) is 24.3 Å². The highest BCUT2D eigenvalue weighted by Gasteiger charge is 2.54. The Morgan fingerprint density at radius 1 is 1.42 bits per heavy atom. The number of nitrogens with zero attached hydrogens (tertiary/aromatic N) is 6. The van der Waals surface area contributed by atoms with E-state index >= 15 is 0 Å². The largest absolute Gasteiger partial charge is 0.345 e. The van der Waals surface area contributed by atoms with E-state index in [0.29, 0.717) is 25.0 Å². The van der Waals surface area contributed by atoms with Gasteiger partial charge in [0.1, 0.15) is 11.2 Å². The van der Waals surface area contributed by atoms with Crippen LogP contribution in [-0.2, 0) is 4.79 Å². The highest BCUT2D eigenvalue weighted by atomic mass is 16.2. The van der Waals surface area contributed by atoms with Crippen LogP contribution in [-0.4, -0.2) is 48.0 Å². The molecule has 2 fully saturated rings. The third-order valence-corrected chi connectivity index (χ3v) is 5.92. The van der Waals surface area contributed by atoms with Gasteiger partial charge in [-0.25, -0.2) is 4.98 Å². The number of hydrogen-bond donors (Lipinski definition) is 1. The molecule has 8 heteroatoms. The van der Waals surface area contributed by atoms with Crippen LogP contribution < -0.4 is 0 Å². The molecule has 0 aromatic carbocycles. The smallest absolute Gasteiger partial charge is 0.243 e. The van der Waals surface area contributed by atoms with E-state index in [9.17, 15) is 10.1 Å². The molecule has 1 aliphatic carbocycles. The lowest BCUT2D eigenvalue weighted by Crippen LogP contribution is -2.49. The molecule has 0 radical (unpaired) electrons. The van der Waals surface area contributed by atoms with Crippen molar-refractivity contribution < 1.29 is 4.79 Å². The fraction of sp³-hybridized carbons (Fsp3) is 0.500. The molecular weight excluding hydrogens is 330 g/mol. The number of nitrogens with one attached hydrogen (secondary N) is 1. The minimum atomic E-state index is -0.777. The van der Waals surface area contributed by atoms with Gasteiger partial charge in [-0.2, -0.15) is 5.26 Å². The van der Waals surface area contributed by atoms with Crippen molar-refractivity contribution in [2.24, 2.45) is 5.41 Å². The number of likely N-dealkylation sites (tertiary alicyclic amines) is 1. The molecule has 5 rings (SSSR count). The summed E-state index contributed by atoms with van der Waals surface area (Å²) in [5.74, 6) is 0.927. The van der Waals surface area contributed by atoms with Crippen LogP contribution in [0.25, 0.3) is 16.8 Å². The summed E-state index contributed by atoms with van der Waals surface area (Å²) in [5, 5.41) is 18.1. The Morgan fingerprint density at radius 2 is 2.27 bits per heavy atom. The number of aromatic nitrogens is 5. The molecule has 8 nitrogen and oxygen atoms in total. The SMILES string of the molecule is CC1C(c2nnc3cnc4[nH]ccc4n23)CCCN1C(=O)C1(C#N)CC1. The van der Waals surface area contributed by atoms with Crippen LogP contribution in [0.2, 0.25) is 0 Å². The van der Waals surface area contributed by atoms with E-state index < -0.39 is 5.41 Å². The van der Waals surface area contributed by atoms with Crippen molar-refractivity contribution >= 4 is 22.7 Å². The zero-order valence-corrected chi connectivity index (χ0v) is 14.5. The lowest BCUT2D eigenvalue weighted by molar-refractivity contribution is -0.138. The van der Waals surface area contributed by atoms with Gasteiger partial charge in [0, 0.05) is 24.7 Å². The van der Waals surface area contributed by atoms with E-state index in [0.717, 1.165) is 29.8 Å². The van der Waals surface area contributed by atoms with E-state index in [2.05, 4.69) is 33.2 Å². The van der Waals surface area contributed by atoms with Crippen molar-refractivity contribution in [2.45, 2.75) is 44.6 Å². The third kappa shape index (κ3) is 2.00. The van der Waals surface area contributed by atoms with Gasteiger partial charge in [0.2, 0.25) is 5.91 Å². The maximum Gasteiger partial charge on any atom is 0.243 e. The molecule has 4 heterocycles. The average molecular weight is 349 g/mol. The first-order valence-electron chi connectivity index (χ1n) is 9.04. The number of H-pyrrole nitrogens is 1. The minimum Gasteiger partial charge on any atom is -0.345 e. The molecule has 2 unspecified atom stereocenters. The van der Waals surface area contributed by atoms with Gasteiger partial charge in [0.25, 0.3) is 0 Å². The first-order valence-corrected chi connectivity index (χ1v) is 9.04. The molecule has 3 aromatic rings. The Kier molecular flexibility index (Phi) is 3.11. The summed E-state index contributed by atoms with van der Waals surface area (Å²) < 4.78 is 2.03. The van der Waals surface area contributed by atoms with Crippen molar-refractivity contribution in [1.82, 2.24) is 29.5 Å². The molecule has 132 valence electrons. The number of rotatable bonds is 2. The maximum absolute atomic E-state index is 12.9. The molecule has 1 aliphatic heterocycles. The molecule has 1 saturated heterocycles. The zero-order chi connectivity index (χ0) is 17.9. The maximum atomic E-state index is 12.9. The number of fused-ring (bicyclic) bond motifs is 3. The standard InChI is InChI=1S/C18H19N7O/c1-11-12(3-2-8-24(11)17(26)18(10-19)5-6-18)16-23-22-14-9-21-15-13(25(14)16)4-7-20-15/h4,7,9,11-12,20H,2-3,5-6,8H2,1H3. The van der Waals surface area contributed by atoms with Gasteiger partial charge in [-0.15, -0.1) is 10.2 Å². The van der Waals surface area contributed by atoms with Gasteiger partial charge in [0.05, 0.1) is 17.8 Å². The summed E-state index contributed by atoms with van der Waals surface area (Å²) in [5.41, 5.74) is 1.66. The number of carbonyl (C=O) groups is 1. The Hall–Kier alpha value is -2.95. The van der Waals surface area contributed by atoms with Crippen LogP contribution in [0.5, 0.6) is 0 Å². The van der Waals surface area contributed by atoms with Gasteiger partial charge >= 0.3 is 0 Å². The predicted molar refractivity (Wildman–Crippen MR) is 93.1 cm³/mol. The van der Waals surface area contributed by atoms with E-state index in [-0.39, 0.29) is 17.9 Å².